The molecule has 0 unspecified atom stereocenters. The Balaban J connectivity index is 1.86. The highest BCUT2D eigenvalue weighted by atomic mass is 16.6. The number of nitro groups is 1. The van der Waals surface area contributed by atoms with Crippen molar-refractivity contribution < 1.29 is 19.2 Å². The fourth-order valence-electron chi connectivity index (χ4n) is 2.71. The first-order valence-electron chi connectivity index (χ1n) is 7.41. The molecule has 0 aliphatic heterocycles. The second kappa shape index (κ2) is 7.35. The summed E-state index contributed by atoms with van der Waals surface area (Å²) in [6.45, 7) is 1.98. The zero-order valence-electron chi connectivity index (χ0n) is 12.9. The number of aromatic nitrogens is 2. The van der Waals surface area contributed by atoms with E-state index in [1.807, 2.05) is 0 Å². The Morgan fingerprint density at radius 2 is 2.14 bits per heavy atom. The molecule has 122 valence electrons. The molecule has 1 heterocycles. The van der Waals surface area contributed by atoms with Crippen LogP contribution >= 0.6 is 0 Å². The van der Waals surface area contributed by atoms with Crippen LogP contribution in [0.2, 0.25) is 0 Å². The summed E-state index contributed by atoms with van der Waals surface area (Å²) in [4.78, 5) is 25.9. The molecule has 0 aromatic carbocycles. The SMILES string of the molecule is CO[C@H]1CCCC[C@@H]1OC(=O)CCn1cc([N+](=O)[O-])nc1C. The van der Waals surface area contributed by atoms with Gasteiger partial charge in [-0.05, 0) is 29.2 Å². The van der Waals surface area contributed by atoms with Crippen molar-refractivity contribution in [3.8, 4) is 0 Å². The second-order valence-corrected chi connectivity index (χ2v) is 5.43. The van der Waals surface area contributed by atoms with Gasteiger partial charge in [0.25, 0.3) is 0 Å². The molecule has 0 radical (unpaired) electrons. The van der Waals surface area contributed by atoms with E-state index in [0.717, 1.165) is 25.7 Å². The highest BCUT2D eigenvalue weighted by molar-refractivity contribution is 5.69. The molecule has 1 fully saturated rings. The van der Waals surface area contributed by atoms with Crippen LogP contribution in [0.4, 0.5) is 5.82 Å². The maximum absolute atomic E-state index is 12.0. The molecular weight excluding hydrogens is 290 g/mol. The molecule has 1 aliphatic rings. The van der Waals surface area contributed by atoms with Gasteiger partial charge < -0.3 is 24.2 Å². The maximum atomic E-state index is 12.0. The molecule has 1 aromatic rings. The summed E-state index contributed by atoms with van der Waals surface area (Å²) in [7, 11) is 1.63. The molecule has 0 spiro atoms. The molecule has 8 heteroatoms. The average molecular weight is 311 g/mol. The number of hydrogen-bond acceptors (Lipinski definition) is 6. The van der Waals surface area contributed by atoms with Gasteiger partial charge in [-0.15, -0.1) is 0 Å². The molecule has 0 bridgehead atoms. The molecule has 2 rings (SSSR count). The third-order valence-electron chi connectivity index (χ3n) is 3.93. The third kappa shape index (κ3) is 4.03. The van der Waals surface area contributed by atoms with Crippen LogP contribution in [0.1, 0.15) is 37.9 Å². The minimum atomic E-state index is -0.549. The Labute approximate surface area is 128 Å². The first kappa shape index (κ1) is 16.4. The number of hydrogen-bond donors (Lipinski definition) is 0. The largest absolute Gasteiger partial charge is 0.460 e. The van der Waals surface area contributed by atoms with Crippen LogP contribution in [-0.4, -0.2) is 39.8 Å². The second-order valence-electron chi connectivity index (χ2n) is 5.43. The number of aryl methyl sites for hydroxylation is 2. The number of carbonyl (C=O) groups is 1. The van der Waals surface area contributed by atoms with E-state index in [0.29, 0.717) is 12.4 Å². The fourth-order valence-corrected chi connectivity index (χ4v) is 2.71. The number of esters is 1. The minimum absolute atomic E-state index is 0.0335. The Hall–Kier alpha value is -1.96. The van der Waals surface area contributed by atoms with Crippen molar-refractivity contribution in [1.29, 1.82) is 0 Å². The van der Waals surface area contributed by atoms with Crippen molar-refractivity contribution in [3.05, 3.63) is 22.1 Å². The van der Waals surface area contributed by atoms with Crippen molar-refractivity contribution in [2.24, 2.45) is 0 Å². The van der Waals surface area contributed by atoms with Crippen molar-refractivity contribution in [2.45, 2.75) is 57.8 Å². The molecule has 2 atom stereocenters. The number of ether oxygens (including phenoxy) is 2. The highest BCUT2D eigenvalue weighted by Gasteiger charge is 2.28. The monoisotopic (exact) mass is 311 g/mol. The van der Waals surface area contributed by atoms with E-state index in [1.54, 1.807) is 18.6 Å². The molecule has 22 heavy (non-hydrogen) atoms. The van der Waals surface area contributed by atoms with E-state index in [-0.39, 0.29) is 30.4 Å². The number of imidazole rings is 1. The predicted octanol–water partition coefficient (Wildman–Crippen LogP) is 1.99. The Morgan fingerprint density at radius 3 is 2.73 bits per heavy atom. The molecule has 0 amide bonds. The van der Waals surface area contributed by atoms with Gasteiger partial charge in [-0.3, -0.25) is 4.79 Å². The lowest BCUT2D eigenvalue weighted by molar-refractivity contribution is -0.389. The van der Waals surface area contributed by atoms with E-state index in [2.05, 4.69) is 4.98 Å². The minimum Gasteiger partial charge on any atom is -0.460 e. The Morgan fingerprint density at radius 1 is 1.45 bits per heavy atom. The molecule has 1 aliphatic carbocycles. The van der Waals surface area contributed by atoms with E-state index < -0.39 is 4.92 Å². The van der Waals surface area contributed by atoms with E-state index in [4.69, 9.17) is 9.47 Å². The van der Waals surface area contributed by atoms with E-state index in [9.17, 15) is 14.9 Å². The van der Waals surface area contributed by atoms with Crippen LogP contribution in [0.25, 0.3) is 0 Å². The molecule has 1 aromatic heterocycles. The Bertz CT molecular complexity index is 543. The first-order chi connectivity index (χ1) is 10.5. The molecule has 1 saturated carbocycles. The third-order valence-corrected chi connectivity index (χ3v) is 3.93. The Kier molecular flexibility index (Phi) is 5.48. The van der Waals surface area contributed by atoms with Gasteiger partial charge in [-0.2, -0.15) is 0 Å². The van der Waals surface area contributed by atoms with Crippen molar-refractivity contribution in [3.63, 3.8) is 0 Å². The molecule has 0 saturated heterocycles. The lowest BCUT2D eigenvalue weighted by Gasteiger charge is -2.29. The normalized spacial score (nSPS) is 21.5. The lowest BCUT2D eigenvalue weighted by atomic mass is 9.94. The topological polar surface area (TPSA) is 96.5 Å². The van der Waals surface area contributed by atoms with Gasteiger partial charge in [0.1, 0.15) is 12.3 Å². The van der Waals surface area contributed by atoms with E-state index >= 15 is 0 Å². The smallest absolute Gasteiger partial charge is 0.381 e. The summed E-state index contributed by atoms with van der Waals surface area (Å²) in [5.74, 6) is -0.0192. The number of rotatable bonds is 6. The zero-order chi connectivity index (χ0) is 16.1. The first-order valence-corrected chi connectivity index (χ1v) is 7.41. The molecular formula is C14H21N3O5. The average Bonchev–Trinajstić information content (AvgIpc) is 2.87. The highest BCUT2D eigenvalue weighted by Crippen LogP contribution is 2.23. The van der Waals surface area contributed by atoms with Gasteiger partial charge in [0.05, 0.1) is 12.5 Å². The maximum Gasteiger partial charge on any atom is 0.381 e. The van der Waals surface area contributed by atoms with Crippen LogP contribution in [0.15, 0.2) is 6.20 Å². The standard InChI is InChI=1S/C14H21N3O5/c1-10-15-13(17(19)20)9-16(10)8-7-14(18)22-12-6-4-3-5-11(12)21-2/h9,11-12H,3-8H2,1-2H3/t11-,12-/m0/s1. The van der Waals surface area contributed by atoms with E-state index in [1.165, 1.54) is 6.20 Å². The summed E-state index contributed by atoms with van der Waals surface area (Å²) in [5.41, 5.74) is 0. The van der Waals surface area contributed by atoms with Crippen LogP contribution in [-0.2, 0) is 20.8 Å². The summed E-state index contributed by atoms with van der Waals surface area (Å²) in [6.07, 6.45) is 5.11. The van der Waals surface area contributed by atoms with Crippen molar-refractivity contribution >= 4 is 11.8 Å². The summed E-state index contributed by atoms with van der Waals surface area (Å²) < 4.78 is 12.4. The van der Waals surface area contributed by atoms with Gasteiger partial charge >= 0.3 is 11.8 Å². The van der Waals surface area contributed by atoms with Crippen LogP contribution < -0.4 is 0 Å². The van der Waals surface area contributed by atoms with Crippen LogP contribution in [0.5, 0.6) is 0 Å². The summed E-state index contributed by atoms with van der Waals surface area (Å²) in [6, 6.07) is 0. The number of methoxy groups -OCH3 is 1. The van der Waals surface area contributed by atoms with Gasteiger partial charge in [0.2, 0.25) is 5.82 Å². The van der Waals surface area contributed by atoms with Crippen molar-refractivity contribution in [1.82, 2.24) is 9.55 Å². The van der Waals surface area contributed by atoms with Gasteiger partial charge in [0, 0.05) is 20.6 Å². The van der Waals surface area contributed by atoms with Crippen molar-refractivity contribution in [2.75, 3.05) is 7.11 Å². The molecule has 8 nitrogen and oxygen atoms in total. The fraction of sp³-hybridized carbons (Fsp3) is 0.714. The number of nitrogens with zero attached hydrogens (tertiary/aromatic N) is 3. The van der Waals surface area contributed by atoms with Gasteiger partial charge in [-0.25, -0.2) is 0 Å². The number of carbonyl (C=O) groups excluding carboxylic acids is 1. The van der Waals surface area contributed by atoms with Crippen LogP contribution in [0.3, 0.4) is 0 Å². The van der Waals surface area contributed by atoms with Gasteiger partial charge in [-0.1, -0.05) is 6.42 Å². The van der Waals surface area contributed by atoms with Gasteiger partial charge in [0.15, 0.2) is 0 Å². The zero-order valence-corrected chi connectivity index (χ0v) is 12.9. The lowest BCUT2D eigenvalue weighted by Crippen LogP contribution is -2.35. The molecule has 0 N–H and O–H groups in total. The predicted molar refractivity (Wildman–Crippen MR) is 77.4 cm³/mol. The van der Waals surface area contributed by atoms with Crippen LogP contribution in [0, 0.1) is 17.0 Å². The summed E-state index contributed by atoms with van der Waals surface area (Å²) in [5, 5.41) is 10.7. The summed E-state index contributed by atoms with van der Waals surface area (Å²) >= 11 is 0. The quantitative estimate of drug-likeness (QED) is 0.453.